The van der Waals surface area contributed by atoms with Gasteiger partial charge in [0.25, 0.3) is 0 Å². The Morgan fingerprint density at radius 3 is 2.04 bits per heavy atom. The molecule has 0 saturated heterocycles. The van der Waals surface area contributed by atoms with E-state index < -0.39 is 12.2 Å². The number of methoxy groups -OCH3 is 2. The molecular weight excluding hydrogens is 308 g/mol. The van der Waals surface area contributed by atoms with Crippen molar-refractivity contribution in [2.45, 2.75) is 69.7 Å². The van der Waals surface area contributed by atoms with Crippen molar-refractivity contribution >= 4 is 0 Å². The maximum atomic E-state index is 9.83. The van der Waals surface area contributed by atoms with E-state index in [9.17, 15) is 10.2 Å². The van der Waals surface area contributed by atoms with Gasteiger partial charge < -0.3 is 30.3 Å². The lowest BCUT2D eigenvalue weighted by Crippen LogP contribution is -2.54. The van der Waals surface area contributed by atoms with E-state index in [-0.39, 0.29) is 11.1 Å². The van der Waals surface area contributed by atoms with Gasteiger partial charge in [0.1, 0.15) is 0 Å². The zero-order valence-electron chi connectivity index (χ0n) is 16.1. The molecule has 24 heavy (non-hydrogen) atoms. The van der Waals surface area contributed by atoms with E-state index in [2.05, 4.69) is 31.4 Å². The molecule has 0 aromatic rings. The Bertz CT molecular complexity index is 344. The van der Waals surface area contributed by atoms with E-state index >= 15 is 0 Å². The topological polar surface area (TPSA) is 83.0 Å². The number of aliphatic hydroxyl groups excluding tert-OH is 2. The molecule has 0 spiro atoms. The van der Waals surface area contributed by atoms with Gasteiger partial charge in [-0.05, 0) is 52.4 Å². The molecule has 0 aliphatic heterocycles. The fourth-order valence-corrected chi connectivity index (χ4v) is 3.55. The lowest BCUT2D eigenvalue weighted by Gasteiger charge is -2.45. The summed E-state index contributed by atoms with van der Waals surface area (Å²) in [6, 6.07) is 0. The predicted molar refractivity (Wildman–Crippen MR) is 96.2 cm³/mol. The van der Waals surface area contributed by atoms with E-state index in [1.807, 2.05) is 0 Å². The first-order valence-corrected chi connectivity index (χ1v) is 9.06. The van der Waals surface area contributed by atoms with Crippen molar-refractivity contribution in [3.05, 3.63) is 0 Å². The summed E-state index contributed by atoms with van der Waals surface area (Å²) in [6.07, 6.45) is 3.51. The fourth-order valence-electron chi connectivity index (χ4n) is 3.55. The summed E-state index contributed by atoms with van der Waals surface area (Å²) in [4.78, 5) is 0. The molecule has 0 radical (unpaired) electrons. The number of hydrogen-bond donors (Lipinski definition) is 4. The van der Waals surface area contributed by atoms with Crippen LogP contribution in [0.1, 0.15) is 46.5 Å². The SMILES string of the molecule is COCC(O)CNC1(C)CCC(C(C)(C)NCC(O)COC)CC1. The Hall–Kier alpha value is -0.240. The molecule has 2 unspecified atom stereocenters. The van der Waals surface area contributed by atoms with E-state index in [4.69, 9.17) is 9.47 Å². The highest BCUT2D eigenvalue weighted by atomic mass is 16.5. The molecule has 6 heteroatoms. The van der Waals surface area contributed by atoms with Gasteiger partial charge in [-0.1, -0.05) is 0 Å². The highest BCUT2D eigenvalue weighted by molar-refractivity contribution is 4.96. The summed E-state index contributed by atoms with van der Waals surface area (Å²) >= 11 is 0. The average Bonchev–Trinajstić information content (AvgIpc) is 2.52. The third kappa shape index (κ3) is 7.33. The van der Waals surface area contributed by atoms with Gasteiger partial charge in [0.05, 0.1) is 25.4 Å². The quantitative estimate of drug-likeness (QED) is 0.445. The molecule has 6 nitrogen and oxygen atoms in total. The van der Waals surface area contributed by atoms with Crippen molar-refractivity contribution in [1.29, 1.82) is 0 Å². The van der Waals surface area contributed by atoms with Crippen LogP contribution in [0.4, 0.5) is 0 Å². The molecule has 0 aromatic heterocycles. The lowest BCUT2D eigenvalue weighted by molar-refractivity contribution is 0.0458. The first kappa shape index (κ1) is 21.8. The molecule has 144 valence electrons. The van der Waals surface area contributed by atoms with Gasteiger partial charge in [-0.2, -0.15) is 0 Å². The van der Waals surface area contributed by atoms with Crippen LogP contribution in [0.15, 0.2) is 0 Å². The molecule has 0 bridgehead atoms. The maximum absolute atomic E-state index is 9.83. The Morgan fingerprint density at radius 1 is 1.04 bits per heavy atom. The zero-order chi connectivity index (χ0) is 18.2. The molecule has 1 aliphatic rings. The number of hydrogen-bond acceptors (Lipinski definition) is 6. The molecule has 0 heterocycles. The van der Waals surface area contributed by atoms with E-state index in [1.165, 1.54) is 0 Å². The van der Waals surface area contributed by atoms with Crippen LogP contribution in [-0.2, 0) is 9.47 Å². The second-order valence-electron chi connectivity index (χ2n) is 8.04. The minimum atomic E-state index is -0.466. The standard InChI is InChI=1S/C18H38N2O4/c1-17(2,19-10-15(21)12-23-4)14-6-8-18(3,9-7-14)20-11-16(22)13-24-5/h14-16,19-22H,6-13H2,1-5H3. The monoisotopic (exact) mass is 346 g/mol. The Labute approximate surface area is 147 Å². The van der Waals surface area contributed by atoms with Crippen molar-refractivity contribution in [3.8, 4) is 0 Å². The lowest BCUT2D eigenvalue weighted by atomic mass is 9.70. The van der Waals surface area contributed by atoms with Gasteiger partial charge in [0.2, 0.25) is 0 Å². The van der Waals surface area contributed by atoms with Crippen molar-refractivity contribution < 1.29 is 19.7 Å². The second kappa shape index (κ2) is 10.0. The number of aliphatic hydroxyl groups is 2. The third-order valence-electron chi connectivity index (χ3n) is 5.39. The van der Waals surface area contributed by atoms with Crippen LogP contribution in [0.3, 0.4) is 0 Å². The fraction of sp³-hybridized carbons (Fsp3) is 1.00. The minimum absolute atomic E-state index is 0.00832. The molecule has 1 rings (SSSR count). The first-order valence-electron chi connectivity index (χ1n) is 9.06. The second-order valence-corrected chi connectivity index (χ2v) is 8.04. The van der Waals surface area contributed by atoms with E-state index in [0.717, 1.165) is 25.7 Å². The van der Waals surface area contributed by atoms with Crippen LogP contribution in [-0.4, -0.2) is 74.0 Å². The molecule has 0 amide bonds. The van der Waals surface area contributed by atoms with Gasteiger partial charge in [0.15, 0.2) is 0 Å². The summed E-state index contributed by atoms with van der Waals surface area (Å²) in [5.74, 6) is 0.575. The average molecular weight is 347 g/mol. The summed E-state index contributed by atoms with van der Waals surface area (Å²) in [6.45, 7) is 8.53. The normalized spacial score (nSPS) is 27.9. The van der Waals surface area contributed by atoms with E-state index in [1.54, 1.807) is 14.2 Å². The van der Waals surface area contributed by atoms with Gasteiger partial charge in [-0.25, -0.2) is 0 Å². The molecule has 4 N–H and O–H groups in total. The summed E-state index contributed by atoms with van der Waals surface area (Å²) in [5, 5.41) is 26.7. The molecule has 2 atom stereocenters. The highest BCUT2D eigenvalue weighted by Crippen LogP contribution is 2.37. The number of ether oxygens (including phenoxy) is 2. The Kier molecular flexibility index (Phi) is 9.12. The molecule has 0 aromatic carbocycles. The van der Waals surface area contributed by atoms with Gasteiger partial charge in [-0.3, -0.25) is 0 Å². The van der Waals surface area contributed by atoms with E-state index in [0.29, 0.717) is 32.2 Å². The largest absolute Gasteiger partial charge is 0.389 e. The maximum Gasteiger partial charge on any atom is 0.0897 e. The van der Waals surface area contributed by atoms with Gasteiger partial charge in [0, 0.05) is 38.4 Å². The Morgan fingerprint density at radius 2 is 1.54 bits per heavy atom. The van der Waals surface area contributed by atoms with Crippen molar-refractivity contribution in [2.75, 3.05) is 40.5 Å². The van der Waals surface area contributed by atoms with Crippen LogP contribution in [0.5, 0.6) is 0 Å². The predicted octanol–water partition coefficient (Wildman–Crippen LogP) is 0.908. The van der Waals surface area contributed by atoms with Crippen molar-refractivity contribution in [3.63, 3.8) is 0 Å². The van der Waals surface area contributed by atoms with Gasteiger partial charge in [-0.15, -0.1) is 0 Å². The number of β-amino-alcohol motifs (C(OH)–C–C–N with tert-alkyl or cyclic N) is 2. The Balaban J connectivity index is 2.39. The highest BCUT2D eigenvalue weighted by Gasteiger charge is 2.37. The summed E-state index contributed by atoms with van der Waals surface area (Å²) < 4.78 is 9.95. The number of nitrogens with one attached hydrogen (secondary N) is 2. The zero-order valence-corrected chi connectivity index (χ0v) is 16.1. The molecule has 1 saturated carbocycles. The summed E-state index contributed by atoms with van der Waals surface area (Å²) in [5.41, 5.74) is 0.0719. The van der Waals surface area contributed by atoms with Crippen LogP contribution in [0, 0.1) is 5.92 Å². The third-order valence-corrected chi connectivity index (χ3v) is 5.39. The van der Waals surface area contributed by atoms with Crippen LogP contribution < -0.4 is 10.6 Å². The molecule has 1 aliphatic carbocycles. The molecular formula is C18H38N2O4. The van der Waals surface area contributed by atoms with Crippen LogP contribution >= 0.6 is 0 Å². The number of rotatable bonds is 11. The first-order chi connectivity index (χ1) is 11.2. The smallest absolute Gasteiger partial charge is 0.0897 e. The van der Waals surface area contributed by atoms with Gasteiger partial charge >= 0.3 is 0 Å². The van der Waals surface area contributed by atoms with Crippen molar-refractivity contribution in [1.82, 2.24) is 10.6 Å². The van der Waals surface area contributed by atoms with Crippen LogP contribution in [0.25, 0.3) is 0 Å². The summed E-state index contributed by atoms with van der Waals surface area (Å²) in [7, 11) is 3.21. The minimum Gasteiger partial charge on any atom is -0.389 e. The van der Waals surface area contributed by atoms with Crippen LogP contribution in [0.2, 0.25) is 0 Å². The van der Waals surface area contributed by atoms with Crippen molar-refractivity contribution in [2.24, 2.45) is 5.92 Å². The molecule has 1 fully saturated rings.